The molecule has 3 nitrogen and oxygen atoms in total. The minimum atomic E-state index is -0.921. The number of ether oxygens (including phenoxy) is 1. The Bertz CT molecular complexity index is 508. The van der Waals surface area contributed by atoms with Gasteiger partial charge in [0.15, 0.2) is 5.78 Å². The van der Waals surface area contributed by atoms with Crippen molar-refractivity contribution < 1.29 is 18.7 Å². The molecular weight excluding hydrogens is 235 g/mol. The van der Waals surface area contributed by atoms with Crippen molar-refractivity contribution in [3.8, 4) is 0 Å². The van der Waals surface area contributed by atoms with E-state index in [-0.39, 0.29) is 11.3 Å². The zero-order valence-corrected chi connectivity index (χ0v) is 10.6. The maximum absolute atomic E-state index is 13.8. The number of ketones is 1. The molecule has 96 valence electrons. The van der Waals surface area contributed by atoms with Crippen LogP contribution in [0, 0.1) is 17.2 Å². The van der Waals surface area contributed by atoms with Gasteiger partial charge in [0.25, 0.3) is 0 Å². The molecule has 0 saturated carbocycles. The van der Waals surface area contributed by atoms with E-state index in [1.165, 1.54) is 19.1 Å². The fourth-order valence-corrected chi connectivity index (χ4v) is 2.30. The fourth-order valence-electron chi connectivity index (χ4n) is 2.30. The van der Waals surface area contributed by atoms with Crippen molar-refractivity contribution in [1.82, 2.24) is 0 Å². The van der Waals surface area contributed by atoms with Gasteiger partial charge >= 0.3 is 5.97 Å². The first-order valence-electron chi connectivity index (χ1n) is 5.85. The molecule has 4 heteroatoms. The molecule has 0 amide bonds. The van der Waals surface area contributed by atoms with Crippen LogP contribution in [0.5, 0.6) is 0 Å². The van der Waals surface area contributed by atoms with E-state index in [4.69, 9.17) is 4.74 Å². The third-order valence-corrected chi connectivity index (χ3v) is 3.46. The lowest BCUT2D eigenvalue weighted by Crippen LogP contribution is -2.46. The molecule has 18 heavy (non-hydrogen) atoms. The van der Waals surface area contributed by atoms with Crippen LogP contribution in [-0.4, -0.2) is 11.8 Å². The summed E-state index contributed by atoms with van der Waals surface area (Å²) in [4.78, 5) is 23.8. The predicted octanol–water partition coefficient (Wildman–Crippen LogP) is 2.66. The quantitative estimate of drug-likeness (QED) is 0.568. The molecular formula is C14H15FO3. The van der Waals surface area contributed by atoms with Gasteiger partial charge in [0.05, 0.1) is 5.41 Å². The molecule has 0 unspecified atom stereocenters. The van der Waals surface area contributed by atoms with E-state index in [0.29, 0.717) is 0 Å². The van der Waals surface area contributed by atoms with Crippen LogP contribution in [-0.2, 0) is 14.3 Å². The first kappa shape index (κ1) is 12.7. The molecule has 0 aliphatic carbocycles. The van der Waals surface area contributed by atoms with Gasteiger partial charge in [-0.3, -0.25) is 9.59 Å². The summed E-state index contributed by atoms with van der Waals surface area (Å²) in [6, 6.07) is 6.05. The van der Waals surface area contributed by atoms with Crippen LogP contribution < -0.4 is 0 Å². The SMILES string of the molecule is C[C@@H]1C(=O)O[C@H](c2ccccc2F)C(C)(C)C1=O. The molecule has 2 rings (SSSR count). The summed E-state index contributed by atoms with van der Waals surface area (Å²) in [6.07, 6.45) is -0.866. The lowest BCUT2D eigenvalue weighted by Gasteiger charge is -2.39. The molecule has 1 saturated heterocycles. The van der Waals surface area contributed by atoms with Crippen molar-refractivity contribution in [2.45, 2.75) is 26.9 Å². The van der Waals surface area contributed by atoms with Gasteiger partial charge in [-0.1, -0.05) is 18.2 Å². The van der Waals surface area contributed by atoms with E-state index < -0.39 is 29.2 Å². The average Bonchev–Trinajstić information content (AvgIpc) is 2.33. The molecule has 2 atom stereocenters. The van der Waals surface area contributed by atoms with Crippen LogP contribution in [0.2, 0.25) is 0 Å². The number of cyclic esters (lactones) is 1. The second-order valence-electron chi connectivity index (χ2n) is 5.15. The van der Waals surface area contributed by atoms with Crippen LogP contribution in [0.15, 0.2) is 24.3 Å². The van der Waals surface area contributed by atoms with E-state index in [9.17, 15) is 14.0 Å². The second-order valence-corrected chi connectivity index (χ2v) is 5.15. The molecule has 0 N–H and O–H groups in total. The Morgan fingerprint density at radius 2 is 1.83 bits per heavy atom. The highest BCUT2D eigenvalue weighted by Crippen LogP contribution is 2.44. The van der Waals surface area contributed by atoms with E-state index in [2.05, 4.69) is 0 Å². The Kier molecular flexibility index (Phi) is 2.97. The number of esters is 1. The van der Waals surface area contributed by atoms with Crippen molar-refractivity contribution in [1.29, 1.82) is 0 Å². The van der Waals surface area contributed by atoms with Crippen molar-refractivity contribution in [3.63, 3.8) is 0 Å². The Morgan fingerprint density at radius 3 is 2.44 bits per heavy atom. The number of carbonyl (C=O) groups excluding carboxylic acids is 2. The summed E-state index contributed by atoms with van der Waals surface area (Å²) in [5, 5.41) is 0. The molecule has 0 aromatic heterocycles. The number of hydrogen-bond donors (Lipinski definition) is 0. The van der Waals surface area contributed by atoms with Gasteiger partial charge in [-0.05, 0) is 26.8 Å². The third kappa shape index (κ3) is 1.82. The summed E-state index contributed by atoms with van der Waals surface area (Å²) in [7, 11) is 0. The Morgan fingerprint density at radius 1 is 1.22 bits per heavy atom. The zero-order chi connectivity index (χ0) is 13.5. The molecule has 1 aliphatic rings. The lowest BCUT2D eigenvalue weighted by molar-refractivity contribution is -0.177. The van der Waals surface area contributed by atoms with Crippen molar-refractivity contribution in [2.75, 3.05) is 0 Å². The van der Waals surface area contributed by atoms with E-state index in [1.54, 1.807) is 26.0 Å². The van der Waals surface area contributed by atoms with Crippen LogP contribution in [0.4, 0.5) is 4.39 Å². The number of halogens is 1. The van der Waals surface area contributed by atoms with Crippen LogP contribution in [0.3, 0.4) is 0 Å². The summed E-state index contributed by atoms with van der Waals surface area (Å²) >= 11 is 0. The Hall–Kier alpha value is -1.71. The smallest absolute Gasteiger partial charge is 0.316 e. The van der Waals surface area contributed by atoms with Crippen LogP contribution in [0.1, 0.15) is 32.4 Å². The molecule has 1 heterocycles. The third-order valence-electron chi connectivity index (χ3n) is 3.46. The van der Waals surface area contributed by atoms with Gasteiger partial charge in [-0.2, -0.15) is 0 Å². The largest absolute Gasteiger partial charge is 0.456 e. The van der Waals surface area contributed by atoms with Crippen LogP contribution >= 0.6 is 0 Å². The van der Waals surface area contributed by atoms with E-state index >= 15 is 0 Å². The highest BCUT2D eigenvalue weighted by atomic mass is 19.1. The van der Waals surface area contributed by atoms with Gasteiger partial charge in [-0.25, -0.2) is 4.39 Å². The van der Waals surface area contributed by atoms with E-state index in [1.807, 2.05) is 0 Å². The maximum atomic E-state index is 13.8. The number of hydrogen-bond acceptors (Lipinski definition) is 3. The maximum Gasteiger partial charge on any atom is 0.316 e. The van der Waals surface area contributed by atoms with Gasteiger partial charge in [0.2, 0.25) is 0 Å². The zero-order valence-electron chi connectivity index (χ0n) is 10.6. The summed E-state index contributed by atoms with van der Waals surface area (Å²) in [6.45, 7) is 4.87. The molecule has 0 spiro atoms. The number of rotatable bonds is 1. The minimum absolute atomic E-state index is 0.216. The highest BCUT2D eigenvalue weighted by molar-refractivity contribution is 6.03. The lowest BCUT2D eigenvalue weighted by atomic mass is 9.73. The van der Waals surface area contributed by atoms with Crippen molar-refractivity contribution in [2.24, 2.45) is 11.3 Å². The number of Topliss-reactive ketones (excluding diaryl/α,β-unsaturated/α-hetero) is 1. The Labute approximate surface area is 105 Å². The molecule has 0 radical (unpaired) electrons. The monoisotopic (exact) mass is 250 g/mol. The number of carbonyl (C=O) groups is 2. The first-order chi connectivity index (χ1) is 8.35. The number of benzene rings is 1. The first-order valence-corrected chi connectivity index (χ1v) is 5.85. The molecule has 0 bridgehead atoms. The highest BCUT2D eigenvalue weighted by Gasteiger charge is 2.49. The second kappa shape index (κ2) is 4.19. The normalized spacial score (nSPS) is 26.9. The summed E-state index contributed by atoms with van der Waals surface area (Å²) < 4.78 is 19.0. The molecule has 1 fully saturated rings. The summed E-state index contributed by atoms with van der Waals surface area (Å²) in [5.41, 5.74) is -0.675. The van der Waals surface area contributed by atoms with Crippen molar-refractivity contribution in [3.05, 3.63) is 35.6 Å². The minimum Gasteiger partial charge on any atom is -0.456 e. The topological polar surface area (TPSA) is 43.4 Å². The standard InChI is InChI=1S/C14H15FO3/c1-8-11(16)14(2,3)12(18-13(8)17)9-6-4-5-7-10(9)15/h4-8,12H,1-3H3/t8-,12+/m0/s1. The Balaban J connectivity index is 2.48. The van der Waals surface area contributed by atoms with Crippen LogP contribution in [0.25, 0.3) is 0 Å². The molecule has 1 aliphatic heterocycles. The van der Waals surface area contributed by atoms with E-state index in [0.717, 1.165) is 0 Å². The van der Waals surface area contributed by atoms with Gasteiger partial charge in [-0.15, -0.1) is 0 Å². The van der Waals surface area contributed by atoms with Gasteiger partial charge in [0.1, 0.15) is 17.8 Å². The summed E-state index contributed by atoms with van der Waals surface area (Å²) in [5.74, 6) is -2.06. The van der Waals surface area contributed by atoms with Gasteiger partial charge in [0, 0.05) is 5.56 Å². The fraction of sp³-hybridized carbons (Fsp3) is 0.429. The predicted molar refractivity (Wildman–Crippen MR) is 63.2 cm³/mol. The molecule has 1 aromatic rings. The van der Waals surface area contributed by atoms with Crippen molar-refractivity contribution >= 4 is 11.8 Å². The van der Waals surface area contributed by atoms with Gasteiger partial charge < -0.3 is 4.74 Å². The molecule has 1 aromatic carbocycles. The average molecular weight is 250 g/mol.